The summed E-state index contributed by atoms with van der Waals surface area (Å²) in [6.07, 6.45) is 0.671. The molecule has 0 aromatic heterocycles. The van der Waals surface area contributed by atoms with E-state index in [0.29, 0.717) is 24.5 Å². The third kappa shape index (κ3) is 7.06. The molecule has 19 heavy (non-hydrogen) atoms. The van der Waals surface area contributed by atoms with E-state index in [4.69, 9.17) is 16.9 Å². The molecule has 0 bridgehead atoms. The maximum Gasteiger partial charge on any atom is 0.328 e. The number of rotatable bonds is 5. The molecule has 0 saturated carbocycles. The highest BCUT2D eigenvalue weighted by Gasteiger charge is 2.16. The molecule has 0 atom stereocenters. The van der Waals surface area contributed by atoms with Gasteiger partial charge in [-0.3, -0.25) is 20.2 Å². The van der Waals surface area contributed by atoms with Gasteiger partial charge in [0.25, 0.3) is 5.91 Å². The van der Waals surface area contributed by atoms with Crippen LogP contribution in [0.2, 0.25) is 0 Å². The zero-order chi connectivity index (χ0) is 14.8. The van der Waals surface area contributed by atoms with Crippen molar-refractivity contribution in [1.29, 1.82) is 5.26 Å². The zero-order valence-electron chi connectivity index (χ0n) is 10.7. The zero-order valence-corrected chi connectivity index (χ0v) is 11.4. The molecule has 7 nitrogen and oxygen atoms in total. The summed E-state index contributed by atoms with van der Waals surface area (Å²) < 4.78 is 0. The highest BCUT2D eigenvalue weighted by Crippen LogP contribution is 2.00. The van der Waals surface area contributed by atoms with Gasteiger partial charge >= 0.3 is 6.03 Å². The predicted octanol–water partition coefficient (Wildman–Crippen LogP) is 0.375. The molecule has 0 rings (SSSR count). The summed E-state index contributed by atoms with van der Waals surface area (Å²) in [7, 11) is 0. The number of nitriles is 1. The van der Waals surface area contributed by atoms with Crippen LogP contribution >= 0.6 is 11.6 Å². The van der Waals surface area contributed by atoms with Crippen LogP contribution in [0.4, 0.5) is 4.79 Å². The molecule has 0 aliphatic carbocycles. The van der Waals surface area contributed by atoms with E-state index in [1.165, 1.54) is 6.92 Å². The highest BCUT2D eigenvalue weighted by molar-refractivity contribution is 6.17. The number of hydrogen-bond acceptors (Lipinski definition) is 5. The molecule has 0 heterocycles. The Balaban J connectivity index is 4.63. The first-order chi connectivity index (χ1) is 8.92. The van der Waals surface area contributed by atoms with E-state index in [-0.39, 0.29) is 5.57 Å². The molecule has 104 valence electrons. The smallest absolute Gasteiger partial charge is 0.328 e. The minimum atomic E-state index is -0.973. The Morgan fingerprint density at radius 2 is 1.84 bits per heavy atom. The second-order valence-electron chi connectivity index (χ2n) is 3.55. The van der Waals surface area contributed by atoms with Crippen LogP contribution in [0.5, 0.6) is 0 Å². The molecule has 0 fully saturated rings. The van der Waals surface area contributed by atoms with Crippen LogP contribution in [0.1, 0.15) is 20.3 Å². The molecule has 0 aliphatic heterocycles. The lowest BCUT2D eigenvalue weighted by Gasteiger charge is -2.08. The number of carbonyl (C=O) groups excluding carboxylic acids is 3. The molecule has 0 saturated heterocycles. The molecule has 0 spiro atoms. The standard InChI is InChI=1S/C11H15ClN4O3/c1-7(14-5-3-4-12)9(6-13)10(18)16-11(19)15-8(2)17/h14H,3-5H2,1-2H3,(H2,15,16,17,18,19). The fourth-order valence-electron chi connectivity index (χ4n) is 1.09. The van der Waals surface area contributed by atoms with Gasteiger partial charge < -0.3 is 5.32 Å². The average Bonchev–Trinajstić information content (AvgIpc) is 2.28. The topological polar surface area (TPSA) is 111 Å². The van der Waals surface area contributed by atoms with E-state index in [1.54, 1.807) is 6.07 Å². The number of hydrogen-bond donors (Lipinski definition) is 3. The van der Waals surface area contributed by atoms with E-state index in [2.05, 4.69) is 5.32 Å². The van der Waals surface area contributed by atoms with Crippen molar-refractivity contribution in [2.24, 2.45) is 0 Å². The number of nitrogens with zero attached hydrogens (tertiary/aromatic N) is 1. The normalized spacial score (nSPS) is 10.8. The van der Waals surface area contributed by atoms with Gasteiger partial charge in [0.15, 0.2) is 0 Å². The molecule has 0 unspecified atom stereocenters. The van der Waals surface area contributed by atoms with Crippen LogP contribution in [0, 0.1) is 11.3 Å². The quantitative estimate of drug-likeness (QED) is 0.293. The predicted molar refractivity (Wildman–Crippen MR) is 69.0 cm³/mol. The number of imide groups is 2. The maximum absolute atomic E-state index is 11.6. The van der Waals surface area contributed by atoms with E-state index < -0.39 is 17.8 Å². The van der Waals surface area contributed by atoms with E-state index >= 15 is 0 Å². The lowest BCUT2D eigenvalue weighted by molar-refractivity contribution is -0.118. The minimum Gasteiger partial charge on any atom is -0.387 e. The summed E-state index contributed by atoms with van der Waals surface area (Å²) in [6, 6.07) is 0.721. The van der Waals surface area contributed by atoms with Gasteiger partial charge in [-0.05, 0) is 13.3 Å². The Hall–Kier alpha value is -2.07. The number of nitrogens with one attached hydrogen (secondary N) is 3. The fourth-order valence-corrected chi connectivity index (χ4v) is 1.23. The number of carbonyl (C=O) groups is 3. The summed E-state index contributed by atoms with van der Waals surface area (Å²) in [5.41, 5.74) is 0.106. The van der Waals surface area contributed by atoms with Gasteiger partial charge in [-0.1, -0.05) is 0 Å². The van der Waals surface area contributed by atoms with Gasteiger partial charge in [0.2, 0.25) is 5.91 Å². The third-order valence-electron chi connectivity index (χ3n) is 1.93. The monoisotopic (exact) mass is 286 g/mol. The van der Waals surface area contributed by atoms with Gasteiger partial charge in [0, 0.05) is 25.0 Å². The lowest BCUT2D eigenvalue weighted by Crippen LogP contribution is -2.42. The van der Waals surface area contributed by atoms with Crippen molar-refractivity contribution < 1.29 is 14.4 Å². The van der Waals surface area contributed by atoms with Crippen molar-refractivity contribution in [3.63, 3.8) is 0 Å². The first kappa shape index (κ1) is 16.9. The van der Waals surface area contributed by atoms with Crippen LogP contribution in [0.25, 0.3) is 0 Å². The second kappa shape index (κ2) is 8.94. The molecule has 0 aromatic carbocycles. The SMILES string of the molecule is CC(=O)NC(=O)NC(=O)C(C#N)=C(C)NCCCCl. The van der Waals surface area contributed by atoms with Crippen LogP contribution < -0.4 is 16.0 Å². The first-order valence-electron chi connectivity index (χ1n) is 5.46. The second-order valence-corrected chi connectivity index (χ2v) is 3.92. The van der Waals surface area contributed by atoms with Gasteiger partial charge in [-0.25, -0.2) is 4.79 Å². The molecule has 3 N–H and O–H groups in total. The Bertz CT molecular complexity index is 440. The summed E-state index contributed by atoms with van der Waals surface area (Å²) in [4.78, 5) is 33.3. The van der Waals surface area contributed by atoms with Crippen LogP contribution in [0.15, 0.2) is 11.3 Å². The number of halogens is 1. The van der Waals surface area contributed by atoms with Crippen molar-refractivity contribution in [2.45, 2.75) is 20.3 Å². The van der Waals surface area contributed by atoms with Crippen molar-refractivity contribution in [3.8, 4) is 6.07 Å². The van der Waals surface area contributed by atoms with Gasteiger partial charge in [-0.15, -0.1) is 11.6 Å². The number of allylic oxidation sites excluding steroid dienone is 1. The average molecular weight is 287 g/mol. The van der Waals surface area contributed by atoms with E-state index in [1.807, 2.05) is 10.6 Å². The van der Waals surface area contributed by atoms with E-state index in [9.17, 15) is 14.4 Å². The minimum absolute atomic E-state index is 0.228. The summed E-state index contributed by atoms with van der Waals surface area (Å²) >= 11 is 5.49. The van der Waals surface area contributed by atoms with Crippen LogP contribution in [-0.4, -0.2) is 30.3 Å². The molecular weight excluding hydrogens is 272 g/mol. The third-order valence-corrected chi connectivity index (χ3v) is 2.20. The highest BCUT2D eigenvalue weighted by atomic mass is 35.5. The van der Waals surface area contributed by atoms with Crippen molar-refractivity contribution in [1.82, 2.24) is 16.0 Å². The van der Waals surface area contributed by atoms with Crippen molar-refractivity contribution >= 4 is 29.4 Å². The van der Waals surface area contributed by atoms with Gasteiger partial charge in [0.1, 0.15) is 11.6 Å². The molecule has 8 heteroatoms. The van der Waals surface area contributed by atoms with Gasteiger partial charge in [0.05, 0.1) is 0 Å². The number of alkyl halides is 1. The molecule has 0 aromatic rings. The fraction of sp³-hybridized carbons (Fsp3) is 0.455. The first-order valence-corrected chi connectivity index (χ1v) is 5.99. The summed E-state index contributed by atoms with van der Waals surface area (Å²) in [6.45, 7) is 3.17. The molecule has 0 aliphatic rings. The van der Waals surface area contributed by atoms with Crippen molar-refractivity contribution in [3.05, 3.63) is 11.3 Å². The van der Waals surface area contributed by atoms with Crippen molar-refractivity contribution in [2.75, 3.05) is 12.4 Å². The number of urea groups is 1. The van der Waals surface area contributed by atoms with Crippen LogP contribution in [-0.2, 0) is 9.59 Å². The molecule has 0 radical (unpaired) electrons. The maximum atomic E-state index is 11.6. The summed E-state index contributed by atoms with van der Waals surface area (Å²) in [5, 5.41) is 15.5. The Morgan fingerprint density at radius 3 is 2.32 bits per heavy atom. The Labute approximate surface area is 116 Å². The lowest BCUT2D eigenvalue weighted by atomic mass is 10.2. The molecule has 4 amide bonds. The Morgan fingerprint density at radius 1 is 1.21 bits per heavy atom. The van der Waals surface area contributed by atoms with E-state index in [0.717, 1.165) is 6.92 Å². The largest absolute Gasteiger partial charge is 0.387 e. The summed E-state index contributed by atoms with van der Waals surface area (Å²) in [5.74, 6) is -1.03. The van der Waals surface area contributed by atoms with Crippen LogP contribution in [0.3, 0.4) is 0 Å². The van der Waals surface area contributed by atoms with Gasteiger partial charge in [-0.2, -0.15) is 5.26 Å². The number of amides is 4. The molecular formula is C11H15ClN4O3. The Kier molecular flexibility index (Phi) is 7.97.